The molecule has 0 aliphatic heterocycles. The molecule has 0 saturated carbocycles. The summed E-state index contributed by atoms with van der Waals surface area (Å²) in [4.78, 5) is 46.8. The predicted octanol–water partition coefficient (Wildman–Crippen LogP) is 3.32. The van der Waals surface area contributed by atoms with Gasteiger partial charge in [-0.25, -0.2) is 9.59 Å². The molecule has 0 aliphatic carbocycles. The van der Waals surface area contributed by atoms with E-state index in [1.165, 1.54) is 21.5 Å². The van der Waals surface area contributed by atoms with Gasteiger partial charge in [0, 0.05) is 12.1 Å². The van der Waals surface area contributed by atoms with Crippen LogP contribution in [0.3, 0.4) is 0 Å². The van der Waals surface area contributed by atoms with Crippen molar-refractivity contribution in [3.8, 4) is 11.1 Å². The molecule has 166 valence electrons. The Morgan fingerprint density at radius 2 is 0.971 bits per heavy atom. The first-order valence-electron chi connectivity index (χ1n) is 10.7. The van der Waals surface area contributed by atoms with Crippen LogP contribution >= 0.6 is 0 Å². The van der Waals surface area contributed by atoms with Crippen LogP contribution < -0.4 is 9.13 Å². The average molecular weight is 450 g/mol. The Morgan fingerprint density at radius 1 is 0.588 bits per heavy atom. The fourth-order valence-electron chi connectivity index (χ4n) is 3.60. The van der Waals surface area contributed by atoms with Gasteiger partial charge in [-0.15, -0.1) is 9.13 Å². The normalized spacial score (nSPS) is 10.5. The number of carbonyl (C=O) groups excluding carboxylic acids is 4. The van der Waals surface area contributed by atoms with Crippen molar-refractivity contribution in [2.45, 2.75) is 12.8 Å². The minimum atomic E-state index is -0.123. The summed E-state index contributed by atoms with van der Waals surface area (Å²) in [6, 6.07) is 22.1. The monoisotopic (exact) mass is 450 g/mol. The lowest BCUT2D eigenvalue weighted by Gasteiger charge is -2.05. The quantitative estimate of drug-likeness (QED) is 0.320. The standard InChI is InChI=1S/C28H22N2O4/c31-19-23-3-1-13-29(17-23)27(33)15-21-5-9-25(10-6-21)26-11-7-22(8-12-26)16-28(34)30-14-2-4-24(18-30)20-32/h1-14,17-20H,15-16H2/q+2. The van der Waals surface area contributed by atoms with Gasteiger partial charge >= 0.3 is 11.8 Å². The van der Waals surface area contributed by atoms with Crippen molar-refractivity contribution in [2.75, 3.05) is 0 Å². The highest BCUT2D eigenvalue weighted by molar-refractivity contribution is 5.76. The van der Waals surface area contributed by atoms with Gasteiger partial charge in [0.15, 0.2) is 37.4 Å². The van der Waals surface area contributed by atoms with Gasteiger partial charge in [0.25, 0.3) is 0 Å². The van der Waals surface area contributed by atoms with E-state index >= 15 is 0 Å². The average Bonchev–Trinajstić information content (AvgIpc) is 2.89. The number of pyridine rings is 2. The van der Waals surface area contributed by atoms with Crippen molar-refractivity contribution >= 4 is 24.4 Å². The minimum Gasteiger partial charge on any atom is -0.298 e. The molecule has 0 saturated heterocycles. The van der Waals surface area contributed by atoms with E-state index < -0.39 is 0 Å². The summed E-state index contributed by atoms with van der Waals surface area (Å²) in [5.74, 6) is -0.246. The highest BCUT2D eigenvalue weighted by Gasteiger charge is 2.17. The van der Waals surface area contributed by atoms with Gasteiger partial charge in [0.2, 0.25) is 0 Å². The first kappa shape index (κ1) is 22.6. The number of carbonyl (C=O) groups is 4. The van der Waals surface area contributed by atoms with Gasteiger partial charge in [0.05, 0.1) is 24.0 Å². The zero-order valence-electron chi connectivity index (χ0n) is 18.3. The largest absolute Gasteiger partial charge is 0.396 e. The Kier molecular flexibility index (Phi) is 6.89. The van der Waals surface area contributed by atoms with E-state index in [-0.39, 0.29) is 24.7 Å². The Balaban J connectivity index is 1.40. The summed E-state index contributed by atoms with van der Waals surface area (Å²) in [7, 11) is 0. The summed E-state index contributed by atoms with van der Waals surface area (Å²) in [6.07, 6.45) is 8.17. The maximum absolute atomic E-state index is 12.5. The minimum absolute atomic E-state index is 0.123. The van der Waals surface area contributed by atoms with Crippen LogP contribution in [-0.4, -0.2) is 24.4 Å². The molecule has 0 spiro atoms. The van der Waals surface area contributed by atoms with E-state index in [0.717, 1.165) is 22.3 Å². The lowest BCUT2D eigenvalue weighted by molar-refractivity contribution is -0.574. The molecule has 0 aliphatic rings. The van der Waals surface area contributed by atoms with Crippen molar-refractivity contribution in [3.63, 3.8) is 0 Å². The topological polar surface area (TPSA) is 76.0 Å². The van der Waals surface area contributed by atoms with Crippen molar-refractivity contribution in [3.05, 3.63) is 120 Å². The summed E-state index contributed by atoms with van der Waals surface area (Å²) in [5.41, 5.74) is 4.63. The number of nitrogens with zero attached hydrogens (tertiary/aromatic N) is 2. The number of benzene rings is 2. The van der Waals surface area contributed by atoms with Crippen LogP contribution in [0.15, 0.2) is 97.6 Å². The molecule has 2 aromatic carbocycles. The summed E-state index contributed by atoms with van der Waals surface area (Å²) >= 11 is 0. The van der Waals surface area contributed by atoms with Crippen LogP contribution in [0.1, 0.15) is 41.4 Å². The Labute approximate surface area is 196 Å². The second kappa shape index (κ2) is 10.4. The molecule has 0 radical (unpaired) electrons. The molecule has 2 heterocycles. The van der Waals surface area contributed by atoms with Gasteiger partial charge in [-0.05, 0) is 34.4 Å². The van der Waals surface area contributed by atoms with Crippen LogP contribution in [0.4, 0.5) is 0 Å². The van der Waals surface area contributed by atoms with E-state index in [9.17, 15) is 19.2 Å². The van der Waals surface area contributed by atoms with Crippen LogP contribution in [0.2, 0.25) is 0 Å². The molecule has 0 amide bonds. The Morgan fingerprint density at radius 3 is 1.32 bits per heavy atom. The van der Waals surface area contributed by atoms with Crippen LogP contribution in [0.25, 0.3) is 11.1 Å². The molecule has 4 aromatic rings. The van der Waals surface area contributed by atoms with Crippen LogP contribution in [0, 0.1) is 0 Å². The van der Waals surface area contributed by atoms with Crippen molar-refractivity contribution in [1.82, 2.24) is 0 Å². The van der Waals surface area contributed by atoms with Crippen molar-refractivity contribution < 1.29 is 28.3 Å². The van der Waals surface area contributed by atoms with Gasteiger partial charge in [0.1, 0.15) is 0 Å². The van der Waals surface area contributed by atoms with E-state index in [0.29, 0.717) is 23.7 Å². The van der Waals surface area contributed by atoms with Crippen molar-refractivity contribution in [2.24, 2.45) is 0 Å². The summed E-state index contributed by atoms with van der Waals surface area (Å²) in [6.45, 7) is 0. The third-order valence-corrected chi connectivity index (χ3v) is 5.45. The molecule has 34 heavy (non-hydrogen) atoms. The highest BCUT2D eigenvalue weighted by atomic mass is 16.2. The van der Waals surface area contributed by atoms with Crippen LogP contribution in [0.5, 0.6) is 0 Å². The maximum Gasteiger partial charge on any atom is 0.396 e. The molecule has 0 bridgehead atoms. The summed E-state index contributed by atoms with van der Waals surface area (Å²) < 4.78 is 2.84. The fourth-order valence-corrected chi connectivity index (χ4v) is 3.60. The predicted molar refractivity (Wildman–Crippen MR) is 125 cm³/mol. The number of rotatable bonds is 7. The second-order valence-electron chi connectivity index (χ2n) is 7.86. The van der Waals surface area contributed by atoms with E-state index in [4.69, 9.17) is 0 Å². The molecule has 0 unspecified atom stereocenters. The molecular weight excluding hydrogens is 428 g/mol. The first-order valence-corrected chi connectivity index (χ1v) is 10.7. The molecular formula is C28H22N2O4+2. The van der Waals surface area contributed by atoms with Gasteiger partial charge in [-0.2, -0.15) is 0 Å². The fraction of sp³-hybridized carbons (Fsp3) is 0.0714. The maximum atomic E-state index is 12.5. The molecule has 0 fully saturated rings. The zero-order valence-corrected chi connectivity index (χ0v) is 18.3. The summed E-state index contributed by atoms with van der Waals surface area (Å²) in [5, 5.41) is 0. The number of aldehydes is 2. The molecule has 0 atom stereocenters. The smallest absolute Gasteiger partial charge is 0.298 e. The zero-order chi connectivity index (χ0) is 23.9. The Hall–Kier alpha value is -4.58. The lowest BCUT2D eigenvalue weighted by Crippen LogP contribution is -2.43. The molecule has 6 nitrogen and oxygen atoms in total. The van der Waals surface area contributed by atoms with E-state index in [1.54, 1.807) is 36.7 Å². The van der Waals surface area contributed by atoms with Gasteiger partial charge < -0.3 is 0 Å². The first-order chi connectivity index (χ1) is 16.6. The number of aromatic nitrogens is 2. The van der Waals surface area contributed by atoms with Gasteiger partial charge in [-0.1, -0.05) is 48.5 Å². The third-order valence-electron chi connectivity index (χ3n) is 5.45. The third kappa shape index (κ3) is 5.42. The number of hydrogen-bond donors (Lipinski definition) is 0. The van der Waals surface area contributed by atoms with E-state index in [2.05, 4.69) is 0 Å². The van der Waals surface area contributed by atoms with Gasteiger partial charge in [-0.3, -0.25) is 9.59 Å². The molecule has 6 heteroatoms. The SMILES string of the molecule is O=Cc1ccc[n+](C(=O)Cc2ccc(-c3ccc(CC(=O)[n+]4cccc(C=O)c4)cc3)cc2)c1. The number of hydrogen-bond acceptors (Lipinski definition) is 4. The lowest BCUT2D eigenvalue weighted by atomic mass is 10.0. The highest BCUT2D eigenvalue weighted by Crippen LogP contribution is 2.21. The van der Waals surface area contributed by atoms with E-state index in [1.807, 2.05) is 48.5 Å². The molecule has 2 aromatic heterocycles. The van der Waals surface area contributed by atoms with Crippen LogP contribution in [-0.2, 0) is 12.8 Å². The van der Waals surface area contributed by atoms with Crippen molar-refractivity contribution in [1.29, 1.82) is 0 Å². The Bertz CT molecular complexity index is 1250. The second-order valence-corrected chi connectivity index (χ2v) is 7.86. The molecule has 4 rings (SSSR count). The molecule has 0 N–H and O–H groups in total.